The SMILES string of the molecule is Cc1cc(NC(=O)C2CCN(C(=O)OC(C)(C)C)C2)ccc1F. The van der Waals surface area contributed by atoms with Crippen molar-refractivity contribution in [2.75, 3.05) is 18.4 Å². The molecule has 2 amide bonds. The van der Waals surface area contributed by atoms with Crippen molar-refractivity contribution in [2.45, 2.75) is 39.7 Å². The van der Waals surface area contributed by atoms with E-state index in [0.717, 1.165) is 0 Å². The van der Waals surface area contributed by atoms with Crippen LogP contribution in [0.3, 0.4) is 0 Å². The Kier molecular flexibility index (Phi) is 4.92. The molecule has 6 heteroatoms. The summed E-state index contributed by atoms with van der Waals surface area (Å²) in [6.07, 6.45) is 0.191. The average Bonchev–Trinajstić information content (AvgIpc) is 2.91. The predicted octanol–water partition coefficient (Wildman–Crippen LogP) is 3.33. The highest BCUT2D eigenvalue weighted by atomic mass is 19.1. The van der Waals surface area contributed by atoms with Crippen LogP contribution >= 0.6 is 0 Å². The second-order valence-electron chi connectivity index (χ2n) is 6.87. The number of carbonyl (C=O) groups excluding carboxylic acids is 2. The van der Waals surface area contributed by atoms with Crippen LogP contribution in [0.5, 0.6) is 0 Å². The van der Waals surface area contributed by atoms with Gasteiger partial charge in [-0.2, -0.15) is 0 Å². The van der Waals surface area contributed by atoms with Crippen molar-refractivity contribution in [3.8, 4) is 0 Å². The van der Waals surface area contributed by atoms with E-state index in [2.05, 4.69) is 5.32 Å². The zero-order chi connectivity index (χ0) is 17.2. The zero-order valence-corrected chi connectivity index (χ0v) is 14.0. The van der Waals surface area contributed by atoms with Crippen molar-refractivity contribution in [2.24, 2.45) is 5.92 Å². The highest BCUT2D eigenvalue weighted by Crippen LogP contribution is 2.22. The van der Waals surface area contributed by atoms with E-state index in [1.165, 1.54) is 12.1 Å². The van der Waals surface area contributed by atoms with Gasteiger partial charge in [0.25, 0.3) is 0 Å². The molecular weight excluding hydrogens is 299 g/mol. The van der Waals surface area contributed by atoms with Gasteiger partial charge in [-0.25, -0.2) is 9.18 Å². The Morgan fingerprint density at radius 3 is 2.65 bits per heavy atom. The molecule has 1 unspecified atom stereocenters. The molecule has 0 bridgehead atoms. The Hall–Kier alpha value is -2.11. The largest absolute Gasteiger partial charge is 0.444 e. The van der Waals surface area contributed by atoms with Crippen molar-refractivity contribution in [1.82, 2.24) is 4.90 Å². The fourth-order valence-corrected chi connectivity index (χ4v) is 2.43. The maximum Gasteiger partial charge on any atom is 0.410 e. The van der Waals surface area contributed by atoms with Crippen molar-refractivity contribution < 1.29 is 18.7 Å². The first kappa shape index (κ1) is 17.2. The van der Waals surface area contributed by atoms with Gasteiger partial charge in [-0.1, -0.05) is 0 Å². The number of hydrogen-bond acceptors (Lipinski definition) is 3. The van der Waals surface area contributed by atoms with E-state index in [1.54, 1.807) is 17.9 Å². The fraction of sp³-hybridized carbons (Fsp3) is 0.529. The van der Waals surface area contributed by atoms with Crippen LogP contribution in [-0.4, -0.2) is 35.6 Å². The Morgan fingerprint density at radius 2 is 2.04 bits per heavy atom. The van der Waals surface area contributed by atoms with Crippen molar-refractivity contribution in [3.05, 3.63) is 29.6 Å². The number of aryl methyl sites for hydroxylation is 1. The monoisotopic (exact) mass is 322 g/mol. The molecule has 1 aliphatic rings. The van der Waals surface area contributed by atoms with Crippen LogP contribution in [0.25, 0.3) is 0 Å². The second-order valence-corrected chi connectivity index (χ2v) is 6.87. The number of likely N-dealkylation sites (tertiary alicyclic amines) is 1. The minimum absolute atomic E-state index is 0.165. The van der Waals surface area contributed by atoms with E-state index in [0.29, 0.717) is 30.8 Å². The minimum atomic E-state index is -0.553. The molecule has 1 aromatic carbocycles. The molecule has 1 atom stereocenters. The summed E-state index contributed by atoms with van der Waals surface area (Å²) in [5.41, 5.74) is 0.484. The first-order valence-corrected chi connectivity index (χ1v) is 7.70. The number of nitrogens with one attached hydrogen (secondary N) is 1. The maximum atomic E-state index is 13.2. The molecule has 1 aromatic rings. The van der Waals surface area contributed by atoms with Gasteiger partial charge >= 0.3 is 6.09 Å². The summed E-state index contributed by atoms with van der Waals surface area (Å²) in [5.74, 6) is -0.755. The summed E-state index contributed by atoms with van der Waals surface area (Å²) in [4.78, 5) is 25.8. The summed E-state index contributed by atoms with van der Waals surface area (Å²) >= 11 is 0. The third-order valence-electron chi connectivity index (χ3n) is 3.64. The van der Waals surface area contributed by atoms with Gasteiger partial charge in [-0.15, -0.1) is 0 Å². The summed E-state index contributed by atoms with van der Waals surface area (Å²) in [6.45, 7) is 7.90. The van der Waals surface area contributed by atoms with Crippen LogP contribution in [0, 0.1) is 18.7 Å². The van der Waals surface area contributed by atoms with Crippen LogP contribution in [0.4, 0.5) is 14.9 Å². The normalized spacial score (nSPS) is 18.0. The molecule has 1 heterocycles. The molecule has 2 rings (SSSR count). The number of rotatable bonds is 2. The van der Waals surface area contributed by atoms with Gasteiger partial charge in [0.1, 0.15) is 11.4 Å². The third kappa shape index (κ3) is 4.68. The second kappa shape index (κ2) is 6.56. The van der Waals surface area contributed by atoms with E-state index in [4.69, 9.17) is 4.74 Å². The van der Waals surface area contributed by atoms with Crippen LogP contribution in [-0.2, 0) is 9.53 Å². The zero-order valence-electron chi connectivity index (χ0n) is 14.0. The van der Waals surface area contributed by atoms with Gasteiger partial charge < -0.3 is 15.0 Å². The molecule has 0 saturated carbocycles. The van der Waals surface area contributed by atoms with Crippen molar-refractivity contribution >= 4 is 17.7 Å². The molecular formula is C17H23FN2O3. The lowest BCUT2D eigenvalue weighted by molar-refractivity contribution is -0.119. The lowest BCUT2D eigenvalue weighted by Gasteiger charge is -2.24. The lowest BCUT2D eigenvalue weighted by Crippen LogP contribution is -2.36. The summed E-state index contributed by atoms with van der Waals surface area (Å²) in [6, 6.07) is 4.45. The van der Waals surface area contributed by atoms with Crippen LogP contribution in [0.2, 0.25) is 0 Å². The predicted molar refractivity (Wildman–Crippen MR) is 85.7 cm³/mol. The molecule has 0 aromatic heterocycles. The molecule has 1 aliphatic heterocycles. The third-order valence-corrected chi connectivity index (χ3v) is 3.64. The Balaban J connectivity index is 1.92. The molecule has 126 valence electrons. The number of amides is 2. The van der Waals surface area contributed by atoms with E-state index >= 15 is 0 Å². The van der Waals surface area contributed by atoms with Crippen LogP contribution in [0.1, 0.15) is 32.8 Å². The number of anilines is 1. The summed E-state index contributed by atoms with van der Waals surface area (Å²) < 4.78 is 18.6. The van der Waals surface area contributed by atoms with E-state index in [-0.39, 0.29) is 17.6 Å². The Morgan fingerprint density at radius 1 is 1.35 bits per heavy atom. The van der Waals surface area contributed by atoms with E-state index < -0.39 is 11.7 Å². The Bertz CT molecular complexity index is 610. The number of nitrogens with zero attached hydrogens (tertiary/aromatic N) is 1. The lowest BCUT2D eigenvalue weighted by atomic mass is 10.1. The number of hydrogen-bond donors (Lipinski definition) is 1. The minimum Gasteiger partial charge on any atom is -0.444 e. The van der Waals surface area contributed by atoms with Crippen LogP contribution in [0.15, 0.2) is 18.2 Å². The molecule has 23 heavy (non-hydrogen) atoms. The van der Waals surface area contributed by atoms with Gasteiger partial charge in [0.15, 0.2) is 0 Å². The van der Waals surface area contributed by atoms with Gasteiger partial charge in [0, 0.05) is 18.8 Å². The summed E-state index contributed by atoms with van der Waals surface area (Å²) in [7, 11) is 0. The average molecular weight is 322 g/mol. The molecule has 1 saturated heterocycles. The molecule has 1 N–H and O–H groups in total. The molecule has 1 fully saturated rings. The van der Waals surface area contributed by atoms with Gasteiger partial charge in [0.05, 0.1) is 5.92 Å². The fourth-order valence-electron chi connectivity index (χ4n) is 2.43. The Labute approximate surface area is 135 Å². The topological polar surface area (TPSA) is 58.6 Å². The first-order chi connectivity index (χ1) is 10.7. The summed E-state index contributed by atoms with van der Waals surface area (Å²) in [5, 5.41) is 2.78. The van der Waals surface area contributed by atoms with E-state index in [9.17, 15) is 14.0 Å². The van der Waals surface area contributed by atoms with Gasteiger partial charge in [-0.3, -0.25) is 4.79 Å². The highest BCUT2D eigenvalue weighted by Gasteiger charge is 2.33. The van der Waals surface area contributed by atoms with Gasteiger partial charge in [-0.05, 0) is 57.9 Å². The van der Waals surface area contributed by atoms with Gasteiger partial charge in [0.2, 0.25) is 5.91 Å². The quantitative estimate of drug-likeness (QED) is 0.908. The first-order valence-electron chi connectivity index (χ1n) is 7.70. The number of ether oxygens (including phenoxy) is 1. The smallest absolute Gasteiger partial charge is 0.410 e. The van der Waals surface area contributed by atoms with Crippen LogP contribution < -0.4 is 5.32 Å². The molecule has 0 aliphatic carbocycles. The van der Waals surface area contributed by atoms with Crippen molar-refractivity contribution in [1.29, 1.82) is 0 Å². The standard InChI is InChI=1S/C17H23FN2O3/c1-11-9-13(5-6-14(11)18)19-15(21)12-7-8-20(10-12)16(22)23-17(2,3)4/h5-6,9,12H,7-8,10H2,1-4H3,(H,19,21). The van der Waals surface area contributed by atoms with Crippen molar-refractivity contribution in [3.63, 3.8) is 0 Å². The number of halogens is 1. The molecule has 5 nitrogen and oxygen atoms in total. The molecule has 0 radical (unpaired) electrons. The number of benzene rings is 1. The number of carbonyl (C=O) groups is 2. The van der Waals surface area contributed by atoms with E-state index in [1.807, 2.05) is 20.8 Å². The molecule has 0 spiro atoms. The highest BCUT2D eigenvalue weighted by molar-refractivity contribution is 5.93. The maximum absolute atomic E-state index is 13.2.